The van der Waals surface area contributed by atoms with E-state index in [9.17, 15) is 9.59 Å². The van der Waals surface area contributed by atoms with Gasteiger partial charge in [-0.1, -0.05) is 6.07 Å². The molecule has 0 heterocycles. The van der Waals surface area contributed by atoms with Crippen molar-refractivity contribution in [3.8, 4) is 11.5 Å². The first-order valence-electron chi connectivity index (χ1n) is 7.00. The number of nitrogens with one attached hydrogen (secondary N) is 1. The van der Waals surface area contributed by atoms with Gasteiger partial charge in [-0.15, -0.1) is 0 Å². The van der Waals surface area contributed by atoms with Gasteiger partial charge in [-0.2, -0.15) is 0 Å². The molecule has 1 aromatic rings. The van der Waals surface area contributed by atoms with Crippen molar-refractivity contribution in [2.24, 2.45) is 5.73 Å². The van der Waals surface area contributed by atoms with Gasteiger partial charge in [0.15, 0.2) is 11.5 Å². The lowest BCUT2D eigenvalue weighted by atomic mass is 10.1. The molecule has 1 rings (SSSR count). The van der Waals surface area contributed by atoms with Gasteiger partial charge in [0.25, 0.3) is 0 Å². The van der Waals surface area contributed by atoms with Crippen molar-refractivity contribution in [3.63, 3.8) is 0 Å². The van der Waals surface area contributed by atoms with Gasteiger partial charge in [-0.25, -0.2) is 4.79 Å². The molecule has 0 bridgehead atoms. The maximum atomic E-state index is 11.9. The topological polar surface area (TPSA) is 93.9 Å². The third kappa shape index (κ3) is 4.92. The molecule has 0 aliphatic carbocycles. The van der Waals surface area contributed by atoms with Crippen LogP contribution in [0.4, 0.5) is 4.79 Å². The van der Waals surface area contributed by atoms with Gasteiger partial charge in [-0.05, 0) is 24.1 Å². The molecule has 0 saturated heterocycles. The fourth-order valence-electron chi connectivity index (χ4n) is 1.98. The smallest absolute Gasteiger partial charge is 0.324 e. The van der Waals surface area contributed by atoms with Crippen LogP contribution in [-0.2, 0) is 11.2 Å². The third-order valence-corrected chi connectivity index (χ3v) is 3.12. The summed E-state index contributed by atoms with van der Waals surface area (Å²) in [5.74, 6) is 0.967. The number of methoxy groups -OCH3 is 2. The molecular formula is C15H23N3O4. The molecule has 3 amide bonds. The Morgan fingerprint density at radius 1 is 1.23 bits per heavy atom. The number of hydrogen-bond donors (Lipinski definition) is 2. The molecule has 0 spiro atoms. The summed E-state index contributed by atoms with van der Waals surface area (Å²) >= 11 is 0. The lowest BCUT2D eigenvalue weighted by Gasteiger charge is -2.18. The lowest BCUT2D eigenvalue weighted by Crippen LogP contribution is -2.45. The van der Waals surface area contributed by atoms with Crippen LogP contribution in [0.15, 0.2) is 18.2 Å². The van der Waals surface area contributed by atoms with Gasteiger partial charge in [0.1, 0.15) is 0 Å². The molecule has 0 aliphatic heterocycles. The number of urea groups is 1. The van der Waals surface area contributed by atoms with Crippen LogP contribution in [0.3, 0.4) is 0 Å². The zero-order chi connectivity index (χ0) is 16.5. The molecule has 122 valence electrons. The Balaban J connectivity index is 2.56. The van der Waals surface area contributed by atoms with Crippen molar-refractivity contribution >= 4 is 11.9 Å². The highest BCUT2D eigenvalue weighted by atomic mass is 16.5. The molecule has 0 saturated carbocycles. The fourth-order valence-corrected chi connectivity index (χ4v) is 1.98. The minimum Gasteiger partial charge on any atom is -0.493 e. The number of benzene rings is 1. The van der Waals surface area contributed by atoms with Gasteiger partial charge >= 0.3 is 6.03 Å². The SMILES string of the molecule is COc1ccc(CCNC(=O)N(CCN)C(C)=O)cc1OC. The highest BCUT2D eigenvalue weighted by molar-refractivity contribution is 5.93. The van der Waals surface area contributed by atoms with Crippen molar-refractivity contribution in [3.05, 3.63) is 23.8 Å². The fraction of sp³-hybridized carbons (Fsp3) is 0.467. The van der Waals surface area contributed by atoms with Gasteiger partial charge in [0.05, 0.1) is 14.2 Å². The van der Waals surface area contributed by atoms with E-state index in [0.717, 1.165) is 10.5 Å². The van der Waals surface area contributed by atoms with Crippen LogP contribution in [0.2, 0.25) is 0 Å². The van der Waals surface area contributed by atoms with Gasteiger partial charge in [0, 0.05) is 26.6 Å². The molecule has 7 heteroatoms. The highest BCUT2D eigenvalue weighted by Crippen LogP contribution is 2.27. The van der Waals surface area contributed by atoms with Crippen LogP contribution in [0.1, 0.15) is 12.5 Å². The summed E-state index contributed by atoms with van der Waals surface area (Å²) < 4.78 is 10.4. The van der Waals surface area contributed by atoms with Gasteiger partial charge in [-0.3, -0.25) is 9.69 Å². The first kappa shape index (κ1) is 17.8. The number of nitrogens with zero attached hydrogens (tertiary/aromatic N) is 1. The van der Waals surface area contributed by atoms with Crippen molar-refractivity contribution in [1.82, 2.24) is 10.2 Å². The summed E-state index contributed by atoms with van der Waals surface area (Å²) in [5.41, 5.74) is 6.38. The Hall–Kier alpha value is -2.28. The number of carbonyl (C=O) groups is 2. The molecule has 7 nitrogen and oxygen atoms in total. The van der Waals surface area contributed by atoms with E-state index in [2.05, 4.69) is 5.32 Å². The molecule has 0 aliphatic rings. The van der Waals surface area contributed by atoms with Crippen LogP contribution < -0.4 is 20.5 Å². The van der Waals surface area contributed by atoms with Crippen LogP contribution in [0.5, 0.6) is 11.5 Å². The zero-order valence-electron chi connectivity index (χ0n) is 13.2. The predicted molar refractivity (Wildman–Crippen MR) is 83.1 cm³/mol. The molecule has 0 fully saturated rings. The monoisotopic (exact) mass is 309 g/mol. The number of amides is 3. The minimum absolute atomic E-state index is 0.206. The van der Waals surface area contributed by atoms with Crippen LogP contribution in [0, 0.1) is 0 Å². The largest absolute Gasteiger partial charge is 0.493 e. The van der Waals surface area contributed by atoms with Crippen molar-refractivity contribution in [1.29, 1.82) is 0 Å². The first-order chi connectivity index (χ1) is 10.5. The first-order valence-corrected chi connectivity index (χ1v) is 7.00. The standard InChI is InChI=1S/C15H23N3O4/c1-11(19)18(9-7-16)15(20)17-8-6-12-4-5-13(21-2)14(10-12)22-3/h4-5,10H,6-9,16H2,1-3H3,(H,17,20). The number of ether oxygens (including phenoxy) is 2. The molecule has 0 atom stereocenters. The quantitative estimate of drug-likeness (QED) is 0.775. The molecule has 0 unspecified atom stereocenters. The Kier molecular flexibility index (Phi) is 7.18. The predicted octanol–water partition coefficient (Wildman–Crippen LogP) is 0.763. The molecule has 3 N–H and O–H groups in total. The maximum Gasteiger partial charge on any atom is 0.324 e. The minimum atomic E-state index is -0.432. The summed E-state index contributed by atoms with van der Waals surface area (Å²) in [6, 6.07) is 5.13. The molecule has 1 aromatic carbocycles. The van der Waals surface area contributed by atoms with E-state index in [0.29, 0.717) is 24.5 Å². The zero-order valence-corrected chi connectivity index (χ0v) is 13.2. The van der Waals surface area contributed by atoms with Crippen LogP contribution in [-0.4, -0.2) is 50.7 Å². The van der Waals surface area contributed by atoms with E-state index in [1.54, 1.807) is 14.2 Å². The maximum absolute atomic E-state index is 11.9. The molecule has 0 radical (unpaired) electrons. The van der Waals surface area contributed by atoms with Crippen molar-refractivity contribution in [2.45, 2.75) is 13.3 Å². The summed E-state index contributed by atoms with van der Waals surface area (Å²) in [6.07, 6.45) is 0.612. The second-order valence-corrected chi connectivity index (χ2v) is 4.63. The second kappa shape index (κ2) is 8.89. The summed E-state index contributed by atoms with van der Waals surface area (Å²) in [7, 11) is 3.15. The summed E-state index contributed by atoms with van der Waals surface area (Å²) in [5, 5.41) is 2.70. The van der Waals surface area contributed by atoms with E-state index in [-0.39, 0.29) is 19.0 Å². The number of carbonyl (C=O) groups excluding carboxylic acids is 2. The van der Waals surface area contributed by atoms with E-state index < -0.39 is 6.03 Å². The summed E-state index contributed by atoms with van der Waals surface area (Å²) in [6.45, 7) is 2.19. The van der Waals surface area contributed by atoms with E-state index in [4.69, 9.17) is 15.2 Å². The van der Waals surface area contributed by atoms with Crippen LogP contribution in [0.25, 0.3) is 0 Å². The normalized spacial score (nSPS) is 10.0. The highest BCUT2D eigenvalue weighted by Gasteiger charge is 2.16. The molecule has 0 aromatic heterocycles. The average Bonchev–Trinajstić information content (AvgIpc) is 2.51. The van der Waals surface area contributed by atoms with Crippen molar-refractivity contribution in [2.75, 3.05) is 33.9 Å². The van der Waals surface area contributed by atoms with Gasteiger partial charge < -0.3 is 20.5 Å². The number of hydrogen-bond acceptors (Lipinski definition) is 5. The number of nitrogens with two attached hydrogens (primary N) is 1. The Morgan fingerprint density at radius 3 is 2.45 bits per heavy atom. The second-order valence-electron chi connectivity index (χ2n) is 4.63. The van der Waals surface area contributed by atoms with E-state index in [1.807, 2.05) is 18.2 Å². The Morgan fingerprint density at radius 2 is 1.91 bits per heavy atom. The number of rotatable bonds is 7. The average molecular weight is 309 g/mol. The molecule has 22 heavy (non-hydrogen) atoms. The summed E-state index contributed by atoms with van der Waals surface area (Å²) in [4.78, 5) is 24.3. The van der Waals surface area contributed by atoms with Crippen LogP contribution >= 0.6 is 0 Å². The number of imide groups is 1. The van der Waals surface area contributed by atoms with E-state index >= 15 is 0 Å². The Bertz CT molecular complexity index is 520. The Labute approximate surface area is 130 Å². The lowest BCUT2D eigenvalue weighted by molar-refractivity contribution is -0.125. The molecular weight excluding hydrogens is 286 g/mol. The van der Waals surface area contributed by atoms with Crippen molar-refractivity contribution < 1.29 is 19.1 Å². The van der Waals surface area contributed by atoms with E-state index in [1.165, 1.54) is 6.92 Å². The van der Waals surface area contributed by atoms with Gasteiger partial charge in [0.2, 0.25) is 5.91 Å². The third-order valence-electron chi connectivity index (χ3n) is 3.12.